The standard InChI is InChI=1S/C27H39ClN2O3S/c1-25(2,3)18-14-17(15-19(21(18)31)26(4,5)6)20-22(28)34-23(29-20)16-10-12-30(13-11-16)24(32)33-27(7,8)9/h14-16,31H,10-13H2,1-9H3. The maximum Gasteiger partial charge on any atom is 0.410 e. The molecule has 1 aliphatic heterocycles. The zero-order valence-electron chi connectivity index (χ0n) is 22.0. The molecule has 0 atom stereocenters. The average Bonchev–Trinajstić information content (AvgIpc) is 3.07. The van der Waals surface area contributed by atoms with Crippen molar-refractivity contribution in [2.45, 2.75) is 97.5 Å². The fourth-order valence-electron chi connectivity index (χ4n) is 4.22. The molecule has 0 spiro atoms. The van der Waals surface area contributed by atoms with Gasteiger partial charge in [-0.25, -0.2) is 9.78 Å². The van der Waals surface area contributed by atoms with E-state index in [0.717, 1.165) is 40.2 Å². The van der Waals surface area contributed by atoms with Crippen LogP contribution in [0.25, 0.3) is 11.3 Å². The molecule has 7 heteroatoms. The number of hydrogen-bond acceptors (Lipinski definition) is 5. The zero-order chi connectivity index (χ0) is 25.6. The van der Waals surface area contributed by atoms with Crippen molar-refractivity contribution in [3.8, 4) is 17.0 Å². The SMILES string of the molecule is CC(C)(C)OC(=O)N1CCC(c2nc(-c3cc(C(C)(C)C)c(O)c(C(C)(C)C)c3)c(Cl)s2)CC1. The van der Waals surface area contributed by atoms with E-state index in [1.807, 2.05) is 32.9 Å². The Kier molecular flexibility index (Phi) is 7.37. The molecule has 1 fully saturated rings. The molecule has 1 aromatic carbocycles. The minimum absolute atomic E-state index is 0.222. The quantitative estimate of drug-likeness (QED) is 0.450. The van der Waals surface area contributed by atoms with Crippen molar-refractivity contribution in [3.63, 3.8) is 0 Å². The number of rotatable bonds is 2. The van der Waals surface area contributed by atoms with Gasteiger partial charge >= 0.3 is 6.09 Å². The first-order valence-electron chi connectivity index (χ1n) is 12.0. The number of piperidine rings is 1. The zero-order valence-corrected chi connectivity index (χ0v) is 23.6. The monoisotopic (exact) mass is 506 g/mol. The molecule has 188 valence electrons. The number of carbonyl (C=O) groups excluding carboxylic acids is 1. The summed E-state index contributed by atoms with van der Waals surface area (Å²) in [6.45, 7) is 19.6. The van der Waals surface area contributed by atoms with E-state index in [0.29, 0.717) is 23.2 Å². The first-order valence-corrected chi connectivity index (χ1v) is 13.2. The summed E-state index contributed by atoms with van der Waals surface area (Å²) < 4.78 is 6.18. The van der Waals surface area contributed by atoms with Gasteiger partial charge in [-0.2, -0.15) is 0 Å². The van der Waals surface area contributed by atoms with Crippen LogP contribution in [-0.2, 0) is 15.6 Å². The number of aromatic nitrogens is 1. The van der Waals surface area contributed by atoms with E-state index in [1.165, 1.54) is 11.3 Å². The lowest BCUT2D eigenvalue weighted by Crippen LogP contribution is -2.41. The number of benzene rings is 1. The highest BCUT2D eigenvalue weighted by molar-refractivity contribution is 7.16. The molecule has 3 rings (SSSR count). The molecular weight excluding hydrogens is 468 g/mol. The first kappa shape index (κ1) is 26.8. The normalized spacial score (nSPS) is 16.1. The second-order valence-electron chi connectivity index (χ2n) is 12.3. The van der Waals surface area contributed by atoms with Crippen molar-refractivity contribution < 1.29 is 14.6 Å². The third-order valence-electron chi connectivity index (χ3n) is 6.10. The van der Waals surface area contributed by atoms with Crippen molar-refractivity contribution in [1.82, 2.24) is 9.88 Å². The molecule has 2 aromatic rings. The first-order chi connectivity index (χ1) is 15.5. The highest BCUT2D eigenvalue weighted by Gasteiger charge is 2.31. The van der Waals surface area contributed by atoms with Crippen LogP contribution in [0.4, 0.5) is 4.79 Å². The van der Waals surface area contributed by atoms with Gasteiger partial charge < -0.3 is 14.7 Å². The Balaban J connectivity index is 1.88. The second kappa shape index (κ2) is 9.34. The molecule has 0 aliphatic carbocycles. The molecule has 2 heterocycles. The van der Waals surface area contributed by atoms with Gasteiger partial charge in [0.25, 0.3) is 0 Å². The molecule has 0 bridgehead atoms. The lowest BCUT2D eigenvalue weighted by atomic mass is 9.78. The summed E-state index contributed by atoms with van der Waals surface area (Å²) in [6.07, 6.45) is 1.41. The molecule has 1 N–H and O–H groups in total. The highest BCUT2D eigenvalue weighted by atomic mass is 35.5. The molecule has 0 radical (unpaired) electrons. The molecule has 0 unspecified atom stereocenters. The van der Waals surface area contributed by atoms with Crippen LogP contribution in [-0.4, -0.2) is 39.8 Å². The Morgan fingerprint density at radius 2 is 1.53 bits per heavy atom. The van der Waals surface area contributed by atoms with Gasteiger partial charge in [-0.1, -0.05) is 53.1 Å². The number of thiazole rings is 1. The molecular formula is C27H39ClN2O3S. The number of amides is 1. The van der Waals surface area contributed by atoms with Gasteiger partial charge in [0.1, 0.15) is 21.4 Å². The van der Waals surface area contributed by atoms with Crippen LogP contribution in [0.5, 0.6) is 5.75 Å². The van der Waals surface area contributed by atoms with Crippen LogP contribution >= 0.6 is 22.9 Å². The predicted octanol–water partition coefficient (Wildman–Crippen LogP) is 7.88. The molecule has 1 aromatic heterocycles. The van der Waals surface area contributed by atoms with E-state index in [1.54, 1.807) is 4.90 Å². The average molecular weight is 507 g/mol. The Bertz CT molecular complexity index is 1010. The van der Waals surface area contributed by atoms with E-state index in [4.69, 9.17) is 21.3 Å². The smallest absolute Gasteiger partial charge is 0.410 e. The van der Waals surface area contributed by atoms with E-state index < -0.39 is 5.60 Å². The summed E-state index contributed by atoms with van der Waals surface area (Å²) in [5, 5.41) is 12.1. The van der Waals surface area contributed by atoms with Crippen LogP contribution < -0.4 is 0 Å². The van der Waals surface area contributed by atoms with Crippen molar-refractivity contribution in [1.29, 1.82) is 0 Å². The number of carbonyl (C=O) groups is 1. The summed E-state index contributed by atoms with van der Waals surface area (Å²) in [6, 6.07) is 4.06. The summed E-state index contributed by atoms with van der Waals surface area (Å²) in [4.78, 5) is 19.2. The summed E-state index contributed by atoms with van der Waals surface area (Å²) in [5.41, 5.74) is 2.56. The van der Waals surface area contributed by atoms with E-state index in [-0.39, 0.29) is 22.8 Å². The third kappa shape index (κ3) is 6.06. The largest absolute Gasteiger partial charge is 0.507 e. The molecule has 5 nitrogen and oxygen atoms in total. The number of nitrogens with zero attached hydrogens (tertiary/aromatic N) is 2. The fourth-order valence-corrected chi connectivity index (χ4v) is 5.59. The number of phenolic OH excluding ortho intramolecular Hbond substituents is 1. The van der Waals surface area contributed by atoms with Gasteiger partial charge in [-0.05, 0) is 56.6 Å². The van der Waals surface area contributed by atoms with E-state index in [2.05, 4.69) is 41.5 Å². The Hall–Kier alpha value is -1.79. The minimum Gasteiger partial charge on any atom is -0.507 e. The molecule has 1 aliphatic rings. The topological polar surface area (TPSA) is 62.7 Å². The lowest BCUT2D eigenvalue weighted by molar-refractivity contribution is 0.0205. The number of phenols is 1. The molecule has 1 amide bonds. The predicted molar refractivity (Wildman–Crippen MR) is 141 cm³/mol. The van der Waals surface area contributed by atoms with Crippen molar-refractivity contribution in [3.05, 3.63) is 32.6 Å². The maximum atomic E-state index is 12.4. The number of halogens is 1. The van der Waals surface area contributed by atoms with E-state index >= 15 is 0 Å². The number of aromatic hydroxyl groups is 1. The second-order valence-corrected chi connectivity index (χ2v) is 14.0. The molecule has 1 saturated heterocycles. The summed E-state index contributed by atoms with van der Waals surface area (Å²) in [5.74, 6) is 0.612. The Morgan fingerprint density at radius 1 is 1.03 bits per heavy atom. The Morgan fingerprint density at radius 3 is 1.97 bits per heavy atom. The lowest BCUT2D eigenvalue weighted by Gasteiger charge is -2.32. The minimum atomic E-state index is -0.492. The van der Waals surface area contributed by atoms with Crippen molar-refractivity contribution in [2.75, 3.05) is 13.1 Å². The van der Waals surface area contributed by atoms with Crippen molar-refractivity contribution >= 4 is 29.0 Å². The number of hydrogen-bond donors (Lipinski definition) is 1. The van der Waals surface area contributed by atoms with Gasteiger partial charge in [0.15, 0.2) is 0 Å². The van der Waals surface area contributed by atoms with Crippen molar-refractivity contribution in [2.24, 2.45) is 0 Å². The van der Waals surface area contributed by atoms with E-state index in [9.17, 15) is 9.90 Å². The van der Waals surface area contributed by atoms with Gasteiger partial charge in [-0.3, -0.25) is 0 Å². The Labute approximate surface area is 213 Å². The highest BCUT2D eigenvalue weighted by Crippen LogP contribution is 2.45. The van der Waals surface area contributed by atoms with Gasteiger partial charge in [0.05, 0.1) is 5.01 Å². The van der Waals surface area contributed by atoms with Gasteiger partial charge in [-0.15, -0.1) is 11.3 Å². The number of likely N-dealkylation sites (tertiary alicyclic amines) is 1. The van der Waals surface area contributed by atoms with Crippen LogP contribution in [0.2, 0.25) is 4.34 Å². The van der Waals surface area contributed by atoms with Gasteiger partial charge in [0, 0.05) is 35.7 Å². The molecule has 0 saturated carbocycles. The van der Waals surface area contributed by atoms with Crippen LogP contribution in [0, 0.1) is 0 Å². The van der Waals surface area contributed by atoms with Crippen LogP contribution in [0.1, 0.15) is 97.2 Å². The third-order valence-corrected chi connectivity index (χ3v) is 7.51. The van der Waals surface area contributed by atoms with Crippen LogP contribution in [0.3, 0.4) is 0 Å². The molecule has 34 heavy (non-hydrogen) atoms. The summed E-state index contributed by atoms with van der Waals surface area (Å²) >= 11 is 8.26. The maximum absolute atomic E-state index is 12.4. The summed E-state index contributed by atoms with van der Waals surface area (Å²) in [7, 11) is 0. The fraction of sp³-hybridized carbons (Fsp3) is 0.630. The van der Waals surface area contributed by atoms with Gasteiger partial charge in [0.2, 0.25) is 0 Å². The number of ether oxygens (including phenoxy) is 1. The van der Waals surface area contributed by atoms with Crippen LogP contribution in [0.15, 0.2) is 12.1 Å².